The van der Waals surface area contributed by atoms with Crippen LogP contribution < -0.4 is 0 Å². The molecule has 0 amide bonds. The number of nitrogens with zero attached hydrogens (tertiary/aromatic N) is 1. The molecule has 0 bridgehead atoms. The van der Waals surface area contributed by atoms with Crippen LogP contribution in [0.1, 0.15) is 24.0 Å². The zero-order valence-corrected chi connectivity index (χ0v) is 12.5. The molecule has 1 aromatic rings. The second kappa shape index (κ2) is 7.22. The lowest BCUT2D eigenvalue weighted by Crippen LogP contribution is -2.42. The Morgan fingerprint density at radius 3 is 2.48 bits per heavy atom. The van der Waals surface area contributed by atoms with E-state index in [1.165, 1.54) is 25.3 Å². The Morgan fingerprint density at radius 1 is 1.14 bits per heavy atom. The Bertz CT molecular complexity index is 515. The molecule has 1 aromatic carbocycles. The van der Waals surface area contributed by atoms with E-state index in [2.05, 4.69) is 17.0 Å². The smallest absolute Gasteiger partial charge is 0.307 e. The second-order valence-electron chi connectivity index (χ2n) is 5.20. The van der Waals surface area contributed by atoms with Gasteiger partial charge in [0.05, 0.1) is 27.1 Å². The molecule has 0 aromatic heterocycles. The monoisotopic (exact) mass is 291 g/mol. The minimum absolute atomic E-state index is 0.0667. The van der Waals surface area contributed by atoms with Crippen molar-refractivity contribution in [2.75, 3.05) is 20.8 Å². The molecule has 21 heavy (non-hydrogen) atoms. The summed E-state index contributed by atoms with van der Waals surface area (Å²) in [4.78, 5) is 25.1. The van der Waals surface area contributed by atoms with Gasteiger partial charge in [-0.15, -0.1) is 0 Å². The number of esters is 2. The van der Waals surface area contributed by atoms with E-state index in [4.69, 9.17) is 9.47 Å². The maximum absolute atomic E-state index is 11.6. The van der Waals surface area contributed by atoms with Gasteiger partial charge < -0.3 is 9.47 Å². The topological polar surface area (TPSA) is 55.8 Å². The zero-order chi connectivity index (χ0) is 15.2. The lowest BCUT2D eigenvalue weighted by Gasteiger charge is -2.36. The van der Waals surface area contributed by atoms with Crippen LogP contribution in [0.4, 0.5) is 0 Å². The van der Waals surface area contributed by atoms with Gasteiger partial charge in [-0.05, 0) is 17.5 Å². The van der Waals surface area contributed by atoms with E-state index < -0.39 is 0 Å². The van der Waals surface area contributed by atoms with Crippen molar-refractivity contribution in [1.29, 1.82) is 0 Å². The number of benzene rings is 1. The highest BCUT2D eigenvalue weighted by Gasteiger charge is 2.28. The van der Waals surface area contributed by atoms with Gasteiger partial charge in [0.25, 0.3) is 0 Å². The van der Waals surface area contributed by atoms with Crippen LogP contribution in [0.25, 0.3) is 0 Å². The molecular formula is C16H21NO4. The van der Waals surface area contributed by atoms with Gasteiger partial charge in [0.2, 0.25) is 0 Å². The number of ether oxygens (including phenoxy) is 2. The molecule has 0 saturated carbocycles. The van der Waals surface area contributed by atoms with Crippen LogP contribution in [0.5, 0.6) is 0 Å². The third-order valence-electron chi connectivity index (χ3n) is 3.92. The maximum atomic E-state index is 11.6. The van der Waals surface area contributed by atoms with E-state index in [0.29, 0.717) is 19.4 Å². The number of hydrogen-bond donors (Lipinski definition) is 0. The number of rotatable bonds is 5. The van der Waals surface area contributed by atoms with Crippen molar-refractivity contribution in [3.63, 3.8) is 0 Å². The van der Waals surface area contributed by atoms with E-state index in [1.54, 1.807) is 0 Å². The van der Waals surface area contributed by atoms with E-state index in [1.807, 2.05) is 12.1 Å². The summed E-state index contributed by atoms with van der Waals surface area (Å²) in [6.45, 7) is 1.33. The largest absolute Gasteiger partial charge is 0.469 e. The first kappa shape index (κ1) is 15.5. The number of hydrogen-bond acceptors (Lipinski definition) is 5. The van der Waals surface area contributed by atoms with E-state index in [9.17, 15) is 9.59 Å². The molecule has 2 rings (SSSR count). The van der Waals surface area contributed by atoms with Crippen molar-refractivity contribution < 1.29 is 19.1 Å². The van der Waals surface area contributed by atoms with Gasteiger partial charge in [-0.25, -0.2) is 0 Å². The molecule has 0 spiro atoms. The van der Waals surface area contributed by atoms with Gasteiger partial charge in [-0.3, -0.25) is 14.5 Å². The molecule has 1 aliphatic rings. The maximum Gasteiger partial charge on any atom is 0.307 e. The van der Waals surface area contributed by atoms with Crippen molar-refractivity contribution >= 4 is 11.9 Å². The second-order valence-corrected chi connectivity index (χ2v) is 5.20. The molecule has 0 aliphatic carbocycles. The number of fused-ring (bicyclic) bond motifs is 1. The van der Waals surface area contributed by atoms with Crippen LogP contribution in [0.2, 0.25) is 0 Å². The molecule has 1 aliphatic heterocycles. The first-order chi connectivity index (χ1) is 10.1. The summed E-state index contributed by atoms with van der Waals surface area (Å²) in [6.07, 6.45) is 1.47. The highest BCUT2D eigenvalue weighted by molar-refractivity contribution is 5.70. The third-order valence-corrected chi connectivity index (χ3v) is 3.92. The Kier molecular flexibility index (Phi) is 5.33. The predicted molar refractivity (Wildman–Crippen MR) is 77.6 cm³/mol. The Balaban J connectivity index is 2.10. The average molecular weight is 291 g/mol. The molecule has 0 unspecified atom stereocenters. The lowest BCUT2D eigenvalue weighted by molar-refractivity contribution is -0.142. The molecule has 5 heteroatoms. The number of methoxy groups -OCH3 is 2. The van der Waals surface area contributed by atoms with E-state index in [0.717, 1.165) is 13.0 Å². The van der Waals surface area contributed by atoms with Crippen molar-refractivity contribution in [3.8, 4) is 0 Å². The van der Waals surface area contributed by atoms with Crippen molar-refractivity contribution in [1.82, 2.24) is 4.90 Å². The molecule has 0 fully saturated rings. The summed E-state index contributed by atoms with van der Waals surface area (Å²) in [6, 6.07) is 8.28. The summed E-state index contributed by atoms with van der Waals surface area (Å²) < 4.78 is 9.47. The van der Waals surface area contributed by atoms with Gasteiger partial charge in [0, 0.05) is 19.1 Å². The summed E-state index contributed by atoms with van der Waals surface area (Å²) in [5.41, 5.74) is 2.52. The van der Waals surface area contributed by atoms with Crippen LogP contribution in [0.15, 0.2) is 24.3 Å². The average Bonchev–Trinajstić information content (AvgIpc) is 2.52. The fourth-order valence-corrected chi connectivity index (χ4v) is 2.72. The summed E-state index contributed by atoms with van der Waals surface area (Å²) in [7, 11) is 2.79. The van der Waals surface area contributed by atoms with Gasteiger partial charge in [-0.2, -0.15) is 0 Å². The quantitative estimate of drug-likeness (QED) is 0.770. The summed E-state index contributed by atoms with van der Waals surface area (Å²) in [5, 5.41) is 0. The van der Waals surface area contributed by atoms with E-state index >= 15 is 0 Å². The lowest BCUT2D eigenvalue weighted by atomic mass is 9.92. The van der Waals surface area contributed by atoms with Crippen LogP contribution >= 0.6 is 0 Å². The molecule has 1 heterocycles. The molecule has 114 valence electrons. The van der Waals surface area contributed by atoms with Crippen molar-refractivity contribution in [2.24, 2.45) is 0 Å². The Labute approximate surface area is 124 Å². The molecule has 0 radical (unpaired) electrons. The first-order valence-corrected chi connectivity index (χ1v) is 7.08. The Morgan fingerprint density at radius 2 is 1.81 bits per heavy atom. The highest BCUT2D eigenvalue weighted by Crippen LogP contribution is 2.25. The molecule has 0 saturated heterocycles. The summed E-state index contributed by atoms with van der Waals surface area (Å²) >= 11 is 0. The molecule has 5 nitrogen and oxygen atoms in total. The van der Waals surface area contributed by atoms with Gasteiger partial charge in [0.15, 0.2) is 0 Å². The summed E-state index contributed by atoms with van der Waals surface area (Å²) in [5.74, 6) is -0.451. The normalized spacial score (nSPS) is 17.9. The third kappa shape index (κ3) is 4.04. The van der Waals surface area contributed by atoms with Gasteiger partial charge >= 0.3 is 11.9 Å². The van der Waals surface area contributed by atoms with Crippen molar-refractivity contribution in [2.45, 2.75) is 31.8 Å². The van der Waals surface area contributed by atoms with Crippen LogP contribution in [0, 0.1) is 0 Å². The minimum Gasteiger partial charge on any atom is -0.469 e. The first-order valence-electron chi connectivity index (χ1n) is 7.08. The fourth-order valence-electron chi connectivity index (χ4n) is 2.72. The standard InChI is InChI=1S/C16H21NO4/c1-20-15(18)7-8-17-11-13-6-4-3-5-12(13)9-14(17)10-16(19)21-2/h3-6,14H,7-11H2,1-2H3/t14-/m0/s1. The number of carbonyl (C=O) groups excluding carboxylic acids is 2. The molecular weight excluding hydrogens is 270 g/mol. The predicted octanol–water partition coefficient (Wildman–Crippen LogP) is 1.54. The Hall–Kier alpha value is -1.88. The minimum atomic E-state index is -0.231. The number of carbonyl (C=O) groups is 2. The molecule has 1 atom stereocenters. The van der Waals surface area contributed by atoms with Gasteiger partial charge in [0.1, 0.15) is 0 Å². The van der Waals surface area contributed by atoms with E-state index in [-0.39, 0.29) is 18.0 Å². The highest BCUT2D eigenvalue weighted by atomic mass is 16.5. The zero-order valence-electron chi connectivity index (χ0n) is 12.5. The molecule has 0 N–H and O–H groups in total. The SMILES string of the molecule is COC(=O)CCN1Cc2ccccc2C[C@H]1CC(=O)OC. The van der Waals surface area contributed by atoms with Crippen LogP contribution in [0.3, 0.4) is 0 Å². The van der Waals surface area contributed by atoms with Crippen molar-refractivity contribution in [3.05, 3.63) is 35.4 Å². The van der Waals surface area contributed by atoms with Crippen LogP contribution in [-0.4, -0.2) is 43.6 Å². The fraction of sp³-hybridized carbons (Fsp3) is 0.500. The van der Waals surface area contributed by atoms with Crippen LogP contribution in [-0.2, 0) is 32.0 Å². The van der Waals surface area contributed by atoms with Gasteiger partial charge in [-0.1, -0.05) is 24.3 Å².